The van der Waals surface area contributed by atoms with E-state index in [4.69, 9.17) is 0 Å². The number of carbonyl (C=O) groups excluding carboxylic acids is 1. The Bertz CT molecular complexity index is 81.7. The lowest BCUT2D eigenvalue weighted by molar-refractivity contribution is -0.114. The molecule has 62 valence electrons. The zero-order chi connectivity index (χ0) is 7.70. The highest BCUT2D eigenvalue weighted by Gasteiger charge is 1.87. The van der Waals surface area contributed by atoms with Crippen molar-refractivity contribution in [2.75, 3.05) is 7.05 Å². The van der Waals surface area contributed by atoms with E-state index in [2.05, 4.69) is 12.3 Å². The third-order valence-electron chi connectivity index (χ3n) is 0.724. The van der Waals surface area contributed by atoms with Gasteiger partial charge in [0.2, 0.25) is 0 Å². The van der Waals surface area contributed by atoms with Crippen molar-refractivity contribution >= 4 is 5.78 Å². The van der Waals surface area contributed by atoms with Crippen LogP contribution >= 0.6 is 0 Å². The van der Waals surface area contributed by atoms with Crippen LogP contribution in [-0.4, -0.2) is 18.3 Å². The Morgan fingerprint density at radius 3 is 2.10 bits per heavy atom. The van der Waals surface area contributed by atoms with Crippen LogP contribution in [0.1, 0.15) is 19.8 Å². The molecular weight excluding hydrogens is 130 g/mol. The van der Waals surface area contributed by atoms with Crippen LogP contribution in [0.25, 0.3) is 0 Å². The first-order valence-electron chi connectivity index (χ1n) is 3.04. The lowest BCUT2D eigenvalue weighted by atomic mass is 10.2. The fourth-order valence-electron chi connectivity index (χ4n) is 0.348. The zero-order valence-electron chi connectivity index (χ0n) is 6.68. The Morgan fingerprint density at radius 2 is 2.00 bits per heavy atom. The van der Waals surface area contributed by atoms with Gasteiger partial charge in [-0.2, -0.15) is 0 Å². The molecule has 0 fully saturated rings. The van der Waals surface area contributed by atoms with E-state index in [1.807, 2.05) is 6.92 Å². The molecular formula is C7H17NO2. The largest absolute Gasteiger partial charge is 0.412 e. The van der Waals surface area contributed by atoms with Gasteiger partial charge in [-0.1, -0.05) is 13.5 Å². The second kappa shape index (κ2) is 15.8. The highest BCUT2D eigenvalue weighted by Crippen LogP contribution is 1.87. The third kappa shape index (κ3) is 15.7. The molecule has 3 nitrogen and oxygen atoms in total. The Morgan fingerprint density at radius 1 is 1.60 bits per heavy atom. The molecule has 0 aliphatic carbocycles. The normalized spacial score (nSPS) is 6.30. The third-order valence-corrected chi connectivity index (χ3v) is 0.724. The lowest BCUT2D eigenvalue weighted by Crippen LogP contribution is -1.87. The van der Waals surface area contributed by atoms with Crippen molar-refractivity contribution in [3.05, 3.63) is 12.7 Å². The minimum Gasteiger partial charge on any atom is -0.412 e. The van der Waals surface area contributed by atoms with Crippen molar-refractivity contribution in [3.63, 3.8) is 0 Å². The van der Waals surface area contributed by atoms with Gasteiger partial charge >= 0.3 is 0 Å². The van der Waals surface area contributed by atoms with Gasteiger partial charge in [0.1, 0.15) is 0 Å². The lowest BCUT2D eigenvalue weighted by Gasteiger charge is -1.82. The van der Waals surface area contributed by atoms with Crippen molar-refractivity contribution < 1.29 is 10.3 Å². The number of allylic oxidation sites excluding steroid dienone is 1. The summed E-state index contributed by atoms with van der Waals surface area (Å²) >= 11 is 0. The highest BCUT2D eigenvalue weighted by molar-refractivity contribution is 5.88. The number of ketones is 1. The molecule has 3 heteroatoms. The average molecular weight is 147 g/mol. The summed E-state index contributed by atoms with van der Waals surface area (Å²) in [6, 6.07) is 0. The van der Waals surface area contributed by atoms with Crippen LogP contribution in [0.3, 0.4) is 0 Å². The number of nitrogens with two attached hydrogens (primary N) is 1. The monoisotopic (exact) mass is 147 g/mol. The number of hydrogen-bond acceptors (Lipinski definition) is 2. The molecule has 0 saturated heterocycles. The van der Waals surface area contributed by atoms with E-state index in [0.717, 1.165) is 6.42 Å². The van der Waals surface area contributed by atoms with E-state index in [1.54, 1.807) is 0 Å². The van der Waals surface area contributed by atoms with Crippen molar-refractivity contribution in [1.82, 2.24) is 0 Å². The van der Waals surface area contributed by atoms with Crippen molar-refractivity contribution in [2.45, 2.75) is 19.8 Å². The Balaban J connectivity index is -0.000000149. The standard InChI is InChI=1S/C6H10O.CH5N.H2O/c1-3-5-6(7)4-2;1-2;/h4H,2-3,5H2,1H3;2H2,1H3;1H2. The summed E-state index contributed by atoms with van der Waals surface area (Å²) in [6.45, 7) is 5.30. The summed E-state index contributed by atoms with van der Waals surface area (Å²) in [6.07, 6.45) is 2.93. The smallest absolute Gasteiger partial charge is 0.155 e. The van der Waals surface area contributed by atoms with Gasteiger partial charge in [-0.05, 0) is 19.5 Å². The van der Waals surface area contributed by atoms with Crippen LogP contribution in [0, 0.1) is 0 Å². The maximum absolute atomic E-state index is 10.3. The molecule has 0 atom stereocenters. The molecule has 0 aliphatic rings. The minimum absolute atomic E-state index is 0. The summed E-state index contributed by atoms with van der Waals surface area (Å²) in [7, 11) is 1.50. The SMILES string of the molecule is C=CC(=O)CCC.CN.O. The van der Waals surface area contributed by atoms with Gasteiger partial charge in [0, 0.05) is 6.42 Å². The molecule has 10 heavy (non-hydrogen) atoms. The fourth-order valence-corrected chi connectivity index (χ4v) is 0.348. The van der Waals surface area contributed by atoms with Gasteiger partial charge in [-0.25, -0.2) is 0 Å². The minimum atomic E-state index is 0. The van der Waals surface area contributed by atoms with Crippen molar-refractivity contribution in [1.29, 1.82) is 0 Å². The number of hydrogen-bond donors (Lipinski definition) is 1. The fraction of sp³-hybridized carbons (Fsp3) is 0.571. The van der Waals surface area contributed by atoms with Gasteiger partial charge < -0.3 is 11.2 Å². The molecule has 0 spiro atoms. The van der Waals surface area contributed by atoms with Crippen LogP contribution in [0.5, 0.6) is 0 Å². The van der Waals surface area contributed by atoms with E-state index >= 15 is 0 Å². The maximum Gasteiger partial charge on any atom is 0.155 e. The molecule has 0 aromatic carbocycles. The Hall–Kier alpha value is -0.670. The molecule has 0 rings (SSSR count). The molecule has 0 saturated carbocycles. The maximum atomic E-state index is 10.3. The second-order valence-corrected chi connectivity index (χ2v) is 1.42. The molecule has 0 bridgehead atoms. The molecule has 0 heterocycles. The zero-order valence-corrected chi connectivity index (χ0v) is 6.68. The van der Waals surface area contributed by atoms with Gasteiger partial charge in [0.05, 0.1) is 0 Å². The topological polar surface area (TPSA) is 74.6 Å². The van der Waals surface area contributed by atoms with E-state index in [1.165, 1.54) is 13.1 Å². The van der Waals surface area contributed by atoms with Crippen LogP contribution in [0.2, 0.25) is 0 Å². The summed E-state index contributed by atoms with van der Waals surface area (Å²) in [5, 5.41) is 0. The summed E-state index contributed by atoms with van der Waals surface area (Å²) in [5.74, 6) is 0.141. The first kappa shape index (κ1) is 16.2. The van der Waals surface area contributed by atoms with Gasteiger partial charge in [0.25, 0.3) is 0 Å². The van der Waals surface area contributed by atoms with Crippen molar-refractivity contribution in [3.8, 4) is 0 Å². The predicted octanol–water partition coefficient (Wildman–Crippen LogP) is 0.292. The first-order chi connectivity index (χ1) is 4.31. The summed E-state index contributed by atoms with van der Waals surface area (Å²) in [4.78, 5) is 10.3. The molecule has 0 radical (unpaired) electrons. The summed E-state index contributed by atoms with van der Waals surface area (Å²) < 4.78 is 0. The quantitative estimate of drug-likeness (QED) is 0.582. The molecule has 0 aromatic heterocycles. The van der Waals surface area contributed by atoms with Crippen LogP contribution in [-0.2, 0) is 4.79 Å². The van der Waals surface area contributed by atoms with E-state index in [9.17, 15) is 4.79 Å². The van der Waals surface area contributed by atoms with Crippen molar-refractivity contribution in [2.24, 2.45) is 5.73 Å². The first-order valence-corrected chi connectivity index (χ1v) is 3.04. The predicted molar refractivity (Wildman–Crippen MR) is 43.8 cm³/mol. The molecule has 4 N–H and O–H groups in total. The molecule has 0 aliphatic heterocycles. The van der Waals surface area contributed by atoms with Gasteiger partial charge in [-0.15, -0.1) is 0 Å². The summed E-state index contributed by atoms with van der Waals surface area (Å²) in [5.41, 5.74) is 4.50. The Labute approximate surface area is 62.2 Å². The second-order valence-electron chi connectivity index (χ2n) is 1.42. The van der Waals surface area contributed by atoms with Crippen LogP contribution in [0.15, 0.2) is 12.7 Å². The van der Waals surface area contributed by atoms with E-state index < -0.39 is 0 Å². The molecule has 0 aromatic rings. The van der Waals surface area contributed by atoms with Gasteiger partial charge in [-0.3, -0.25) is 4.79 Å². The van der Waals surface area contributed by atoms with Crippen LogP contribution < -0.4 is 5.73 Å². The number of carbonyl (C=O) groups is 1. The van der Waals surface area contributed by atoms with Crippen LogP contribution in [0.4, 0.5) is 0 Å². The highest BCUT2D eigenvalue weighted by atomic mass is 16.1. The number of rotatable bonds is 3. The molecule has 0 amide bonds. The van der Waals surface area contributed by atoms with E-state index in [0.29, 0.717) is 6.42 Å². The Kier molecular flexibility index (Phi) is 25.5. The average Bonchev–Trinajstić information content (AvgIpc) is 1.93. The van der Waals surface area contributed by atoms with E-state index in [-0.39, 0.29) is 11.3 Å². The van der Waals surface area contributed by atoms with Gasteiger partial charge in [0.15, 0.2) is 5.78 Å². The molecule has 0 unspecified atom stereocenters.